The van der Waals surface area contributed by atoms with Gasteiger partial charge in [-0.1, -0.05) is 27.7 Å². The molecule has 0 bridgehead atoms. The number of piperidine rings is 1. The van der Waals surface area contributed by atoms with Crippen LogP contribution in [0.5, 0.6) is 0 Å². The number of nitrogens with one attached hydrogen (secondary N) is 1. The topological polar surface area (TPSA) is 121 Å². The van der Waals surface area contributed by atoms with E-state index in [1.54, 1.807) is 27.9 Å². The Hall–Kier alpha value is -3.86. The van der Waals surface area contributed by atoms with Crippen LogP contribution in [0.3, 0.4) is 0 Å². The molecular weight excluding hydrogens is 652 g/mol. The number of hydrogen-bond donors (Lipinski definition) is 1. The fourth-order valence-corrected chi connectivity index (χ4v) is 7.30. The highest BCUT2D eigenvalue weighted by Gasteiger charge is 2.47. The highest BCUT2D eigenvalue weighted by molar-refractivity contribution is 6.74. The van der Waals surface area contributed by atoms with Gasteiger partial charge < -0.3 is 19.4 Å². The van der Waals surface area contributed by atoms with Crippen molar-refractivity contribution in [3.8, 4) is 17.3 Å². The van der Waals surface area contributed by atoms with Crippen LogP contribution >= 0.6 is 0 Å². The van der Waals surface area contributed by atoms with Gasteiger partial charge in [0.05, 0.1) is 29.2 Å². The molecular formula is C37H53FN8O3Si. The Bertz CT molecular complexity index is 1780. The second kappa shape index (κ2) is 13.4. The number of rotatable bonds is 8. The number of anilines is 3. The molecule has 2 aromatic heterocycles. The Morgan fingerprint density at radius 2 is 1.82 bits per heavy atom. The van der Waals surface area contributed by atoms with Crippen LogP contribution in [0, 0.1) is 18.3 Å². The second-order valence-corrected chi connectivity index (χ2v) is 21.7. The molecule has 1 N–H and O–H groups in total. The number of halogens is 1. The third-order valence-electron chi connectivity index (χ3n) is 10.2. The number of fused-ring (bicyclic) bond motifs is 1. The van der Waals surface area contributed by atoms with Crippen molar-refractivity contribution in [3.05, 3.63) is 47.3 Å². The first-order chi connectivity index (χ1) is 23.1. The lowest BCUT2D eigenvalue weighted by Crippen LogP contribution is -2.46. The number of benzene rings is 1. The van der Waals surface area contributed by atoms with Crippen LogP contribution in [-0.4, -0.2) is 83.6 Å². The predicted molar refractivity (Wildman–Crippen MR) is 197 cm³/mol. The summed E-state index contributed by atoms with van der Waals surface area (Å²) in [6.07, 6.45) is 2.03. The van der Waals surface area contributed by atoms with Crippen LogP contribution in [0.25, 0.3) is 11.3 Å². The first kappa shape index (κ1) is 37.4. The summed E-state index contributed by atoms with van der Waals surface area (Å²) in [7, 11) is -0.149. The molecule has 1 fully saturated rings. The predicted octanol–water partition coefficient (Wildman–Crippen LogP) is 7.73. The number of carbonyl (C=O) groups is 1. The van der Waals surface area contributed by atoms with Gasteiger partial charge in [-0.2, -0.15) is 10.4 Å². The second-order valence-electron chi connectivity index (χ2n) is 16.9. The van der Waals surface area contributed by atoms with Gasteiger partial charge in [-0.05, 0) is 89.5 Å². The van der Waals surface area contributed by atoms with Gasteiger partial charge in [-0.3, -0.25) is 4.90 Å². The maximum Gasteiger partial charge on any atom is 0.414 e. The Balaban J connectivity index is 1.50. The third kappa shape index (κ3) is 8.03. The monoisotopic (exact) mass is 704 g/mol. The quantitative estimate of drug-likeness (QED) is 0.235. The van der Waals surface area contributed by atoms with Crippen LogP contribution < -0.4 is 10.2 Å². The van der Waals surface area contributed by atoms with E-state index in [1.165, 1.54) is 0 Å². The number of amides is 1. The largest absolute Gasteiger partial charge is 0.443 e. The summed E-state index contributed by atoms with van der Waals surface area (Å²) in [5.41, 5.74) is 1.06. The minimum absolute atomic E-state index is 0.00844. The number of aryl methyl sites for hydroxylation is 1. The van der Waals surface area contributed by atoms with Crippen LogP contribution in [0.2, 0.25) is 18.1 Å². The van der Waals surface area contributed by atoms with Gasteiger partial charge >= 0.3 is 6.09 Å². The molecule has 1 aromatic carbocycles. The number of nitrogens with zero attached hydrogens (tertiary/aromatic N) is 7. The standard InChI is InChI=1S/C37H53FN8O3Si/c1-25-18-30(46(43-25)23-37(38)13-16-44(9)17-14-37)42-32-40-15-12-29(41-32)26-19-27(21-39)31-28(20-26)36(8,24-48-50(10,11)35(5,6)7)22-45(31)33(47)49-34(2,3)4/h12,15,18-20H,13-14,16-17,22-24H2,1-11H3,(H,40,41,42)/t36-/m1/s1. The summed E-state index contributed by atoms with van der Waals surface area (Å²) in [4.78, 5) is 26.6. The molecule has 0 unspecified atom stereocenters. The molecule has 270 valence electrons. The van der Waals surface area contributed by atoms with Gasteiger partial charge in [0.25, 0.3) is 0 Å². The van der Waals surface area contributed by atoms with Crippen molar-refractivity contribution < 1.29 is 18.3 Å². The normalized spacial score (nSPS) is 19.6. The average Bonchev–Trinajstić information content (AvgIpc) is 3.51. The molecule has 11 nitrogen and oxygen atoms in total. The molecule has 0 spiro atoms. The molecule has 0 saturated carbocycles. The summed E-state index contributed by atoms with van der Waals surface area (Å²) in [5, 5.41) is 18.3. The zero-order valence-corrected chi connectivity index (χ0v) is 32.6. The van der Waals surface area contributed by atoms with Gasteiger partial charge in [-0.15, -0.1) is 0 Å². The van der Waals surface area contributed by atoms with Crippen molar-refractivity contribution in [1.82, 2.24) is 24.6 Å². The molecule has 0 aliphatic carbocycles. The Labute approximate surface area is 297 Å². The highest BCUT2D eigenvalue weighted by atomic mass is 28.4. The van der Waals surface area contributed by atoms with Gasteiger partial charge in [0.15, 0.2) is 8.32 Å². The van der Waals surface area contributed by atoms with Gasteiger partial charge in [-0.25, -0.2) is 23.8 Å². The van der Waals surface area contributed by atoms with Crippen molar-refractivity contribution in [2.75, 3.05) is 43.5 Å². The maximum atomic E-state index is 15.8. The molecule has 0 radical (unpaired) electrons. The van der Waals surface area contributed by atoms with Crippen molar-refractivity contribution >= 4 is 31.9 Å². The zero-order chi connectivity index (χ0) is 36.9. The first-order valence-corrected chi connectivity index (χ1v) is 20.3. The molecule has 3 aromatic rings. The van der Waals surface area contributed by atoms with E-state index in [9.17, 15) is 10.1 Å². The molecule has 1 atom stereocenters. The molecule has 13 heteroatoms. The van der Waals surface area contributed by atoms with E-state index < -0.39 is 31.1 Å². The Morgan fingerprint density at radius 1 is 1.14 bits per heavy atom. The van der Waals surface area contributed by atoms with Crippen LogP contribution in [-0.2, 0) is 21.1 Å². The van der Waals surface area contributed by atoms with E-state index in [0.29, 0.717) is 73.4 Å². The molecule has 1 saturated heterocycles. The molecule has 2 aliphatic heterocycles. The van der Waals surface area contributed by atoms with E-state index in [0.717, 1.165) is 11.3 Å². The van der Waals surface area contributed by atoms with E-state index in [4.69, 9.17) is 14.1 Å². The van der Waals surface area contributed by atoms with E-state index in [-0.39, 0.29) is 11.6 Å². The lowest BCUT2D eigenvalue weighted by atomic mass is 9.83. The number of aromatic nitrogens is 4. The van der Waals surface area contributed by atoms with Crippen LogP contribution in [0.1, 0.15) is 78.1 Å². The maximum absolute atomic E-state index is 15.8. The molecule has 1 amide bonds. The number of carbonyl (C=O) groups excluding carboxylic acids is 1. The zero-order valence-electron chi connectivity index (χ0n) is 31.6. The summed E-state index contributed by atoms with van der Waals surface area (Å²) >= 11 is 0. The van der Waals surface area contributed by atoms with Crippen LogP contribution in [0.15, 0.2) is 30.5 Å². The fraction of sp³-hybridized carbons (Fsp3) is 0.595. The van der Waals surface area contributed by atoms with Crippen molar-refractivity contribution in [2.45, 2.75) is 110 Å². The van der Waals surface area contributed by atoms with Crippen LogP contribution in [0.4, 0.5) is 26.6 Å². The van der Waals surface area contributed by atoms with Gasteiger partial charge in [0.2, 0.25) is 5.95 Å². The van der Waals surface area contributed by atoms with Gasteiger partial charge in [0.1, 0.15) is 23.2 Å². The number of nitriles is 1. The molecule has 2 aliphatic rings. The highest BCUT2D eigenvalue weighted by Crippen LogP contribution is 2.47. The smallest absolute Gasteiger partial charge is 0.414 e. The van der Waals surface area contributed by atoms with Crippen molar-refractivity contribution in [2.24, 2.45) is 0 Å². The Morgan fingerprint density at radius 3 is 2.44 bits per heavy atom. The van der Waals surface area contributed by atoms with Crippen molar-refractivity contribution in [1.29, 1.82) is 5.26 Å². The minimum Gasteiger partial charge on any atom is -0.443 e. The number of ether oxygens (including phenoxy) is 1. The van der Waals surface area contributed by atoms with E-state index in [2.05, 4.69) is 67.2 Å². The fourth-order valence-electron chi connectivity index (χ4n) is 6.19. The first-order valence-electron chi connectivity index (χ1n) is 17.4. The SMILES string of the molecule is Cc1cc(Nc2nccc(-c3cc(C#N)c4c(c3)[C@@](C)(CO[Si](C)(C)C(C)(C)C)CN4C(=O)OC(C)(C)C)n2)n(CC2(F)CCN(C)CC2)n1. The van der Waals surface area contributed by atoms with E-state index >= 15 is 4.39 Å². The summed E-state index contributed by atoms with van der Waals surface area (Å²) in [5.74, 6) is 0.920. The lowest BCUT2D eigenvalue weighted by Gasteiger charge is -2.39. The molecule has 4 heterocycles. The lowest BCUT2D eigenvalue weighted by molar-refractivity contribution is 0.0504. The minimum atomic E-state index is -2.16. The average molecular weight is 705 g/mol. The third-order valence-corrected chi connectivity index (χ3v) is 14.7. The number of alkyl halides is 1. The number of hydrogen-bond acceptors (Lipinski definition) is 9. The summed E-state index contributed by atoms with van der Waals surface area (Å²) in [6.45, 7) is 22.7. The molecule has 50 heavy (non-hydrogen) atoms. The molecule has 5 rings (SSSR count). The van der Waals surface area contributed by atoms with E-state index in [1.807, 2.05) is 46.9 Å². The summed E-state index contributed by atoms with van der Waals surface area (Å²) < 4.78 is 30.0. The summed E-state index contributed by atoms with van der Waals surface area (Å²) in [6, 6.07) is 9.74. The Kier molecular flexibility index (Phi) is 9.99. The van der Waals surface area contributed by atoms with Gasteiger partial charge in [0, 0.05) is 49.5 Å². The van der Waals surface area contributed by atoms with Crippen molar-refractivity contribution in [3.63, 3.8) is 0 Å². The number of likely N-dealkylation sites (tertiary alicyclic amines) is 1.